The van der Waals surface area contributed by atoms with Crippen molar-refractivity contribution in [3.05, 3.63) is 136 Å². The minimum atomic E-state index is -0.989. The molecule has 0 unspecified atom stereocenters. The Kier molecular flexibility index (Phi) is 11.2. The number of hydrogen-bond acceptors (Lipinski definition) is 5. The Morgan fingerprint density at radius 1 is 0.932 bits per heavy atom. The molecule has 0 aliphatic rings. The van der Waals surface area contributed by atoms with Crippen molar-refractivity contribution < 1.29 is 23.8 Å². The standard InChI is InChI=1S/C36H40FN3O4/c1-24-18-29(21-30(19-24)36(43)40(3)25(2)27-14-9-6-10-15-27)35(42)39-31(20-26-12-7-5-8-13-26)32(41)23-38-22-28-16-11-17-33(44-4)34(28)37/h5-19,21,25,31-32,38,41H,20,22-23H2,1-4H3,(H,39,42)/t25-,31+,32-/m1/s1. The molecule has 3 atom stereocenters. The van der Waals surface area contributed by atoms with Crippen molar-refractivity contribution in [2.75, 3.05) is 20.7 Å². The minimum Gasteiger partial charge on any atom is -0.494 e. The van der Waals surface area contributed by atoms with E-state index >= 15 is 0 Å². The van der Waals surface area contributed by atoms with Crippen molar-refractivity contribution in [1.29, 1.82) is 0 Å². The molecule has 0 fully saturated rings. The molecule has 4 aromatic carbocycles. The number of hydrogen-bond donors (Lipinski definition) is 3. The molecular formula is C36H40FN3O4. The van der Waals surface area contributed by atoms with Gasteiger partial charge in [-0.15, -0.1) is 0 Å². The largest absolute Gasteiger partial charge is 0.494 e. The van der Waals surface area contributed by atoms with Crippen LogP contribution in [0.2, 0.25) is 0 Å². The highest BCUT2D eigenvalue weighted by molar-refractivity contribution is 6.00. The lowest BCUT2D eigenvalue weighted by atomic mass is 9.99. The van der Waals surface area contributed by atoms with Gasteiger partial charge in [-0.1, -0.05) is 72.8 Å². The lowest BCUT2D eigenvalue weighted by molar-refractivity contribution is 0.0742. The molecule has 8 heteroatoms. The molecule has 3 N–H and O–H groups in total. The minimum absolute atomic E-state index is 0.105. The summed E-state index contributed by atoms with van der Waals surface area (Å²) in [5.41, 5.74) is 3.85. The number of aliphatic hydroxyl groups is 1. The Hall–Kier alpha value is -4.53. The summed E-state index contributed by atoms with van der Waals surface area (Å²) in [6.45, 7) is 4.08. The normalized spacial score (nSPS) is 13.0. The second-order valence-corrected chi connectivity index (χ2v) is 11.0. The molecule has 0 spiro atoms. The molecule has 44 heavy (non-hydrogen) atoms. The monoisotopic (exact) mass is 597 g/mol. The highest BCUT2D eigenvalue weighted by Gasteiger charge is 2.25. The number of nitrogens with zero attached hydrogens (tertiary/aromatic N) is 1. The fourth-order valence-electron chi connectivity index (χ4n) is 5.12. The molecule has 230 valence electrons. The molecular weight excluding hydrogens is 557 g/mol. The zero-order valence-corrected chi connectivity index (χ0v) is 25.6. The molecule has 0 heterocycles. The molecule has 4 aromatic rings. The molecule has 2 amide bonds. The van der Waals surface area contributed by atoms with Gasteiger partial charge in [-0.05, 0) is 61.2 Å². The summed E-state index contributed by atoms with van der Waals surface area (Å²) in [5, 5.41) is 17.3. The van der Waals surface area contributed by atoms with Gasteiger partial charge in [-0.3, -0.25) is 9.59 Å². The third-order valence-electron chi connectivity index (χ3n) is 7.78. The highest BCUT2D eigenvalue weighted by Crippen LogP contribution is 2.22. The van der Waals surface area contributed by atoms with Crippen molar-refractivity contribution in [2.24, 2.45) is 0 Å². The maximum Gasteiger partial charge on any atom is 0.254 e. The van der Waals surface area contributed by atoms with Crippen molar-refractivity contribution in [3.8, 4) is 5.75 Å². The van der Waals surface area contributed by atoms with Crippen LogP contribution >= 0.6 is 0 Å². The number of rotatable bonds is 13. The van der Waals surface area contributed by atoms with Crippen LogP contribution in [-0.4, -0.2) is 54.7 Å². The van der Waals surface area contributed by atoms with Gasteiger partial charge < -0.3 is 25.4 Å². The van der Waals surface area contributed by atoms with E-state index in [1.165, 1.54) is 7.11 Å². The smallest absolute Gasteiger partial charge is 0.254 e. The van der Waals surface area contributed by atoms with E-state index in [1.807, 2.05) is 74.5 Å². The molecule has 0 bridgehead atoms. The van der Waals surface area contributed by atoms with Gasteiger partial charge in [0, 0.05) is 36.8 Å². The average Bonchev–Trinajstić information content (AvgIpc) is 3.04. The number of nitrogens with one attached hydrogen (secondary N) is 2. The number of halogens is 1. The summed E-state index contributed by atoms with van der Waals surface area (Å²) < 4.78 is 19.7. The van der Waals surface area contributed by atoms with Crippen molar-refractivity contribution >= 4 is 11.8 Å². The Morgan fingerprint density at radius 2 is 1.59 bits per heavy atom. The van der Waals surface area contributed by atoms with Crippen LogP contribution in [0.4, 0.5) is 4.39 Å². The van der Waals surface area contributed by atoms with Crippen LogP contribution in [0.3, 0.4) is 0 Å². The van der Waals surface area contributed by atoms with Crippen molar-refractivity contribution in [1.82, 2.24) is 15.5 Å². The van der Waals surface area contributed by atoms with Crippen LogP contribution < -0.4 is 15.4 Å². The SMILES string of the molecule is COc1cccc(CNC[C@@H](O)[C@H](Cc2ccccc2)NC(=O)c2cc(C)cc(C(=O)N(C)[C@H](C)c3ccccc3)c2)c1F. The van der Waals surface area contributed by atoms with Crippen LogP contribution in [0.5, 0.6) is 5.75 Å². The first kappa shape index (κ1) is 32.4. The summed E-state index contributed by atoms with van der Waals surface area (Å²) in [7, 11) is 3.16. The molecule has 0 saturated carbocycles. The topological polar surface area (TPSA) is 90.9 Å². The van der Waals surface area contributed by atoms with E-state index in [-0.39, 0.29) is 30.8 Å². The number of aryl methyl sites for hydroxylation is 1. The van der Waals surface area contributed by atoms with E-state index in [1.54, 1.807) is 48.3 Å². The van der Waals surface area contributed by atoms with Crippen LogP contribution in [0, 0.1) is 12.7 Å². The lowest BCUT2D eigenvalue weighted by Crippen LogP contribution is -2.48. The zero-order chi connectivity index (χ0) is 31.6. The maximum atomic E-state index is 14.6. The van der Waals surface area contributed by atoms with Gasteiger partial charge in [0.25, 0.3) is 11.8 Å². The number of carbonyl (C=O) groups excluding carboxylic acids is 2. The predicted molar refractivity (Wildman–Crippen MR) is 170 cm³/mol. The maximum absolute atomic E-state index is 14.6. The van der Waals surface area contributed by atoms with Crippen molar-refractivity contribution in [3.63, 3.8) is 0 Å². The third kappa shape index (κ3) is 8.30. The van der Waals surface area contributed by atoms with E-state index in [0.29, 0.717) is 23.1 Å². The van der Waals surface area contributed by atoms with Gasteiger partial charge in [-0.25, -0.2) is 4.39 Å². The highest BCUT2D eigenvalue weighted by atomic mass is 19.1. The third-order valence-corrected chi connectivity index (χ3v) is 7.78. The van der Waals surface area contributed by atoms with Gasteiger partial charge in [0.2, 0.25) is 0 Å². The van der Waals surface area contributed by atoms with Gasteiger partial charge in [0.1, 0.15) is 0 Å². The first-order chi connectivity index (χ1) is 21.2. The Balaban J connectivity index is 1.49. The second kappa shape index (κ2) is 15.3. The molecule has 0 saturated heterocycles. The predicted octanol–water partition coefficient (Wildman–Crippen LogP) is 5.47. The molecule has 4 rings (SSSR count). The summed E-state index contributed by atoms with van der Waals surface area (Å²) in [6.07, 6.45) is -0.616. The molecule has 0 aliphatic heterocycles. The van der Waals surface area contributed by atoms with Crippen molar-refractivity contribution in [2.45, 2.75) is 45.0 Å². The first-order valence-corrected chi connectivity index (χ1v) is 14.7. The van der Waals surface area contributed by atoms with Gasteiger partial charge in [-0.2, -0.15) is 0 Å². The summed E-state index contributed by atoms with van der Waals surface area (Å²) in [4.78, 5) is 28.7. The fraction of sp³-hybridized carbons (Fsp3) is 0.278. The van der Waals surface area contributed by atoms with Gasteiger partial charge >= 0.3 is 0 Å². The number of amides is 2. The number of ether oxygens (including phenoxy) is 1. The Morgan fingerprint density at radius 3 is 2.27 bits per heavy atom. The van der Waals surface area contributed by atoms with Gasteiger partial charge in [0.05, 0.1) is 25.3 Å². The first-order valence-electron chi connectivity index (χ1n) is 14.7. The lowest BCUT2D eigenvalue weighted by Gasteiger charge is -2.26. The van der Waals surface area contributed by atoms with E-state index in [2.05, 4.69) is 10.6 Å². The Labute approximate surface area is 258 Å². The quantitative estimate of drug-likeness (QED) is 0.190. The zero-order valence-electron chi connectivity index (χ0n) is 25.6. The van der Waals surface area contributed by atoms with Gasteiger partial charge in [0.15, 0.2) is 11.6 Å². The number of aliphatic hydroxyl groups excluding tert-OH is 1. The van der Waals surface area contributed by atoms with Crippen LogP contribution in [0.15, 0.2) is 97.1 Å². The summed E-state index contributed by atoms with van der Waals surface area (Å²) in [6, 6.07) is 28.5. The molecule has 7 nitrogen and oxygen atoms in total. The molecule has 0 radical (unpaired) electrons. The molecule has 0 aromatic heterocycles. The second-order valence-electron chi connectivity index (χ2n) is 11.0. The Bertz CT molecular complexity index is 1550. The van der Waals surface area contributed by atoms with E-state index in [9.17, 15) is 19.1 Å². The van der Waals surface area contributed by atoms with Crippen LogP contribution in [-0.2, 0) is 13.0 Å². The van der Waals surface area contributed by atoms with Crippen LogP contribution in [0.1, 0.15) is 55.9 Å². The fourth-order valence-corrected chi connectivity index (χ4v) is 5.12. The average molecular weight is 598 g/mol. The number of carbonyl (C=O) groups is 2. The number of methoxy groups -OCH3 is 1. The molecule has 0 aliphatic carbocycles. The van der Waals surface area contributed by atoms with E-state index < -0.39 is 23.9 Å². The van der Waals surface area contributed by atoms with E-state index in [4.69, 9.17) is 4.74 Å². The summed E-state index contributed by atoms with van der Waals surface area (Å²) in [5.74, 6) is -0.912. The summed E-state index contributed by atoms with van der Waals surface area (Å²) >= 11 is 0. The van der Waals surface area contributed by atoms with E-state index in [0.717, 1.165) is 16.7 Å². The van der Waals surface area contributed by atoms with Crippen LogP contribution in [0.25, 0.3) is 0 Å². The number of benzene rings is 4.